The molecule has 0 saturated heterocycles. The standard InChI is InChI=1S/C15H22O4/c1-10-5-11(7-14(17)19-4)13(9-16)12(6-10)8-15(2,3)18/h5-6,16,18H,7-9H2,1-4H3. The van der Waals surface area contributed by atoms with Crippen LogP contribution in [0.1, 0.15) is 36.1 Å². The fourth-order valence-electron chi connectivity index (χ4n) is 2.18. The van der Waals surface area contributed by atoms with Gasteiger partial charge in [0.2, 0.25) is 0 Å². The van der Waals surface area contributed by atoms with Gasteiger partial charge in [-0.15, -0.1) is 0 Å². The summed E-state index contributed by atoms with van der Waals surface area (Å²) in [4.78, 5) is 11.4. The molecule has 0 aliphatic heterocycles. The summed E-state index contributed by atoms with van der Waals surface area (Å²) >= 11 is 0. The Labute approximate surface area is 114 Å². The third-order valence-electron chi connectivity index (χ3n) is 2.92. The highest BCUT2D eigenvalue weighted by atomic mass is 16.5. The van der Waals surface area contributed by atoms with Gasteiger partial charge in [0.05, 0.1) is 25.7 Å². The quantitative estimate of drug-likeness (QED) is 0.793. The largest absolute Gasteiger partial charge is 0.469 e. The lowest BCUT2D eigenvalue weighted by atomic mass is 9.90. The Hall–Kier alpha value is -1.39. The van der Waals surface area contributed by atoms with Crippen LogP contribution in [0.4, 0.5) is 0 Å². The first-order chi connectivity index (χ1) is 8.76. The van der Waals surface area contributed by atoms with Crippen LogP contribution in [0.5, 0.6) is 0 Å². The second kappa shape index (κ2) is 6.17. The fraction of sp³-hybridized carbons (Fsp3) is 0.533. The molecule has 2 N–H and O–H groups in total. The number of aliphatic hydroxyl groups is 2. The number of carbonyl (C=O) groups excluding carboxylic acids is 1. The van der Waals surface area contributed by atoms with Crippen LogP contribution >= 0.6 is 0 Å². The molecule has 0 amide bonds. The smallest absolute Gasteiger partial charge is 0.309 e. The number of esters is 1. The van der Waals surface area contributed by atoms with E-state index >= 15 is 0 Å². The average molecular weight is 266 g/mol. The van der Waals surface area contributed by atoms with Gasteiger partial charge in [0.1, 0.15) is 0 Å². The molecule has 0 atom stereocenters. The maximum atomic E-state index is 11.4. The minimum Gasteiger partial charge on any atom is -0.469 e. The lowest BCUT2D eigenvalue weighted by molar-refractivity contribution is -0.139. The summed E-state index contributed by atoms with van der Waals surface area (Å²) < 4.78 is 4.66. The molecule has 1 rings (SSSR count). The molecule has 1 aromatic carbocycles. The Kier molecular flexibility index (Phi) is 5.09. The van der Waals surface area contributed by atoms with E-state index in [1.165, 1.54) is 7.11 Å². The number of benzene rings is 1. The van der Waals surface area contributed by atoms with E-state index in [9.17, 15) is 15.0 Å². The van der Waals surface area contributed by atoms with Crippen molar-refractivity contribution in [2.45, 2.75) is 45.8 Å². The summed E-state index contributed by atoms with van der Waals surface area (Å²) in [6.45, 7) is 5.21. The van der Waals surface area contributed by atoms with Crippen molar-refractivity contribution in [2.75, 3.05) is 7.11 Å². The molecule has 0 spiro atoms. The highest BCUT2D eigenvalue weighted by molar-refractivity contribution is 5.73. The molecular formula is C15H22O4. The van der Waals surface area contributed by atoms with Crippen molar-refractivity contribution in [3.8, 4) is 0 Å². The molecule has 0 bridgehead atoms. The van der Waals surface area contributed by atoms with E-state index in [0.717, 1.165) is 16.7 Å². The number of methoxy groups -OCH3 is 1. The van der Waals surface area contributed by atoms with Gasteiger partial charge in [-0.3, -0.25) is 4.79 Å². The first kappa shape index (κ1) is 15.7. The zero-order chi connectivity index (χ0) is 14.6. The summed E-state index contributed by atoms with van der Waals surface area (Å²) in [5.41, 5.74) is 2.47. The van der Waals surface area contributed by atoms with Crippen LogP contribution in [0.15, 0.2) is 12.1 Å². The Morgan fingerprint density at radius 3 is 2.37 bits per heavy atom. The van der Waals surface area contributed by atoms with Crippen LogP contribution in [0.3, 0.4) is 0 Å². The predicted molar refractivity (Wildman–Crippen MR) is 72.8 cm³/mol. The Balaban J connectivity index is 3.20. The van der Waals surface area contributed by atoms with Gasteiger partial charge in [0, 0.05) is 6.42 Å². The molecule has 0 unspecified atom stereocenters. The van der Waals surface area contributed by atoms with Crippen LogP contribution in [0.25, 0.3) is 0 Å². The van der Waals surface area contributed by atoms with Gasteiger partial charge in [-0.05, 0) is 37.5 Å². The lowest BCUT2D eigenvalue weighted by Gasteiger charge is -2.21. The van der Waals surface area contributed by atoms with Gasteiger partial charge < -0.3 is 14.9 Å². The van der Waals surface area contributed by atoms with Gasteiger partial charge >= 0.3 is 5.97 Å². The topological polar surface area (TPSA) is 66.8 Å². The van der Waals surface area contributed by atoms with Crippen molar-refractivity contribution in [1.82, 2.24) is 0 Å². The second-order valence-electron chi connectivity index (χ2n) is 5.46. The molecule has 0 radical (unpaired) electrons. The van der Waals surface area contributed by atoms with E-state index in [4.69, 9.17) is 0 Å². The number of carbonyl (C=O) groups is 1. The third kappa shape index (κ3) is 4.65. The van der Waals surface area contributed by atoms with Crippen molar-refractivity contribution < 1.29 is 19.7 Å². The minimum atomic E-state index is -0.861. The SMILES string of the molecule is COC(=O)Cc1cc(C)cc(CC(C)(C)O)c1CO. The number of aliphatic hydroxyl groups excluding tert-OH is 1. The molecule has 19 heavy (non-hydrogen) atoms. The summed E-state index contributed by atoms with van der Waals surface area (Å²) in [5, 5.41) is 19.5. The molecule has 0 aliphatic carbocycles. The Morgan fingerprint density at radius 2 is 1.89 bits per heavy atom. The molecule has 4 heteroatoms. The number of hydrogen-bond donors (Lipinski definition) is 2. The first-order valence-corrected chi connectivity index (χ1v) is 6.28. The van der Waals surface area contributed by atoms with Gasteiger partial charge in [0.15, 0.2) is 0 Å². The monoisotopic (exact) mass is 266 g/mol. The molecule has 1 aromatic rings. The lowest BCUT2D eigenvalue weighted by Crippen LogP contribution is -2.23. The number of rotatable bonds is 5. The minimum absolute atomic E-state index is 0.132. The fourth-order valence-corrected chi connectivity index (χ4v) is 2.18. The summed E-state index contributed by atoms with van der Waals surface area (Å²) in [6, 6.07) is 3.81. The van der Waals surface area contributed by atoms with Crippen molar-refractivity contribution in [3.63, 3.8) is 0 Å². The highest BCUT2D eigenvalue weighted by Crippen LogP contribution is 2.23. The van der Waals surface area contributed by atoms with Crippen LogP contribution < -0.4 is 0 Å². The van der Waals surface area contributed by atoms with Crippen LogP contribution in [0.2, 0.25) is 0 Å². The molecular weight excluding hydrogens is 244 g/mol. The van der Waals surface area contributed by atoms with Crippen molar-refractivity contribution in [1.29, 1.82) is 0 Å². The predicted octanol–water partition coefficient (Wildman–Crippen LogP) is 1.52. The van der Waals surface area contributed by atoms with Gasteiger partial charge in [-0.1, -0.05) is 17.7 Å². The molecule has 106 valence electrons. The van der Waals surface area contributed by atoms with E-state index in [0.29, 0.717) is 12.0 Å². The maximum absolute atomic E-state index is 11.4. The van der Waals surface area contributed by atoms with Crippen molar-refractivity contribution >= 4 is 5.97 Å². The van der Waals surface area contributed by atoms with E-state index in [2.05, 4.69) is 4.74 Å². The van der Waals surface area contributed by atoms with E-state index in [1.54, 1.807) is 13.8 Å². The Morgan fingerprint density at radius 1 is 1.32 bits per heavy atom. The highest BCUT2D eigenvalue weighted by Gasteiger charge is 2.19. The van der Waals surface area contributed by atoms with Gasteiger partial charge in [0.25, 0.3) is 0 Å². The van der Waals surface area contributed by atoms with Crippen LogP contribution in [0, 0.1) is 6.92 Å². The van der Waals surface area contributed by atoms with E-state index < -0.39 is 5.60 Å². The zero-order valence-corrected chi connectivity index (χ0v) is 12.0. The van der Waals surface area contributed by atoms with E-state index in [1.807, 2.05) is 19.1 Å². The van der Waals surface area contributed by atoms with Crippen molar-refractivity contribution in [2.24, 2.45) is 0 Å². The number of hydrogen-bond acceptors (Lipinski definition) is 4. The number of aryl methyl sites for hydroxylation is 1. The van der Waals surface area contributed by atoms with E-state index in [-0.39, 0.29) is 19.0 Å². The maximum Gasteiger partial charge on any atom is 0.309 e. The van der Waals surface area contributed by atoms with Crippen molar-refractivity contribution in [3.05, 3.63) is 34.4 Å². The molecule has 0 heterocycles. The molecule has 0 fully saturated rings. The molecule has 0 aliphatic rings. The van der Waals surface area contributed by atoms with Crippen LogP contribution in [-0.2, 0) is 29.0 Å². The van der Waals surface area contributed by atoms with Crippen LogP contribution in [-0.4, -0.2) is 28.9 Å². The molecule has 0 aromatic heterocycles. The summed E-state index contributed by atoms with van der Waals surface area (Å²) in [6.07, 6.45) is 0.561. The molecule has 0 saturated carbocycles. The third-order valence-corrected chi connectivity index (χ3v) is 2.92. The normalized spacial score (nSPS) is 11.5. The first-order valence-electron chi connectivity index (χ1n) is 6.28. The summed E-state index contributed by atoms with van der Waals surface area (Å²) in [5.74, 6) is -0.338. The summed E-state index contributed by atoms with van der Waals surface area (Å²) in [7, 11) is 1.34. The van der Waals surface area contributed by atoms with Gasteiger partial charge in [-0.2, -0.15) is 0 Å². The average Bonchev–Trinajstić information content (AvgIpc) is 2.26. The second-order valence-corrected chi connectivity index (χ2v) is 5.46. The Bertz CT molecular complexity index is 458. The molecule has 4 nitrogen and oxygen atoms in total. The number of ether oxygens (including phenoxy) is 1. The zero-order valence-electron chi connectivity index (χ0n) is 12.0. The van der Waals surface area contributed by atoms with Gasteiger partial charge in [-0.25, -0.2) is 0 Å².